The molecule has 0 unspecified atom stereocenters. The predicted octanol–water partition coefficient (Wildman–Crippen LogP) is 2.97. The van der Waals surface area contributed by atoms with Gasteiger partial charge in [-0.15, -0.1) is 0 Å². The average Bonchev–Trinajstić information content (AvgIpc) is 3.06. The number of pyridine rings is 1. The van der Waals surface area contributed by atoms with E-state index in [9.17, 15) is 10.1 Å². The molecular formula is C17H16N4O3. The van der Waals surface area contributed by atoms with Crippen LogP contribution in [0.5, 0.6) is 0 Å². The Morgan fingerprint density at radius 2 is 1.96 bits per heavy atom. The lowest BCUT2D eigenvalue weighted by molar-refractivity contribution is -0.388. The molecule has 2 aromatic heterocycles. The van der Waals surface area contributed by atoms with Crippen molar-refractivity contribution in [2.24, 2.45) is 0 Å². The number of aromatic amines is 1. The van der Waals surface area contributed by atoms with E-state index in [0.717, 1.165) is 10.9 Å². The van der Waals surface area contributed by atoms with Crippen molar-refractivity contribution in [2.45, 2.75) is 0 Å². The maximum atomic E-state index is 11.5. The van der Waals surface area contributed by atoms with Crippen LogP contribution in [0.4, 0.5) is 11.6 Å². The van der Waals surface area contributed by atoms with Gasteiger partial charge in [-0.05, 0) is 28.1 Å². The van der Waals surface area contributed by atoms with Crippen molar-refractivity contribution < 1.29 is 9.66 Å². The number of hydrogen-bond donors (Lipinski definition) is 1. The molecule has 0 saturated carbocycles. The molecule has 122 valence electrons. The number of benzene rings is 1. The van der Waals surface area contributed by atoms with Gasteiger partial charge in [0.25, 0.3) is 0 Å². The molecule has 7 nitrogen and oxygen atoms in total. The van der Waals surface area contributed by atoms with Gasteiger partial charge in [-0.25, -0.2) is 0 Å². The van der Waals surface area contributed by atoms with Crippen LogP contribution < -0.4 is 4.90 Å². The van der Waals surface area contributed by atoms with Crippen molar-refractivity contribution in [3.63, 3.8) is 0 Å². The number of nitrogens with one attached hydrogen (secondary N) is 1. The van der Waals surface area contributed by atoms with Crippen LogP contribution in [0.15, 0.2) is 42.5 Å². The molecule has 1 aromatic carbocycles. The number of anilines is 1. The first-order valence-corrected chi connectivity index (χ1v) is 7.78. The number of morpholine rings is 1. The summed E-state index contributed by atoms with van der Waals surface area (Å²) in [5, 5.41) is 12.5. The smallest absolute Gasteiger partial charge is 0.375 e. The Kier molecular flexibility index (Phi) is 3.62. The number of nitrogens with zero attached hydrogens (tertiary/aromatic N) is 3. The van der Waals surface area contributed by atoms with E-state index in [1.54, 1.807) is 6.07 Å². The summed E-state index contributed by atoms with van der Waals surface area (Å²) in [6.07, 6.45) is 0. The van der Waals surface area contributed by atoms with Crippen molar-refractivity contribution in [1.82, 2.24) is 9.97 Å². The van der Waals surface area contributed by atoms with Crippen LogP contribution in [-0.2, 0) is 4.74 Å². The Hall–Kier alpha value is -2.93. The molecule has 0 bridgehead atoms. The maximum Gasteiger partial charge on any atom is 0.375 e. The number of ether oxygens (including phenoxy) is 1. The minimum atomic E-state index is -0.426. The molecule has 3 heterocycles. The molecule has 24 heavy (non-hydrogen) atoms. The van der Waals surface area contributed by atoms with Crippen LogP contribution in [0.2, 0.25) is 0 Å². The lowest BCUT2D eigenvalue weighted by Gasteiger charge is -2.25. The van der Waals surface area contributed by atoms with Gasteiger partial charge in [-0.1, -0.05) is 18.2 Å². The van der Waals surface area contributed by atoms with Gasteiger partial charge in [-0.2, -0.15) is 0 Å². The fourth-order valence-corrected chi connectivity index (χ4v) is 2.97. The van der Waals surface area contributed by atoms with Crippen molar-refractivity contribution in [1.29, 1.82) is 0 Å². The summed E-state index contributed by atoms with van der Waals surface area (Å²) in [6.45, 7) is 2.60. The number of hydrogen-bond acceptors (Lipinski definition) is 5. The van der Waals surface area contributed by atoms with E-state index >= 15 is 0 Å². The van der Waals surface area contributed by atoms with E-state index in [1.807, 2.05) is 41.3 Å². The highest BCUT2D eigenvalue weighted by atomic mass is 16.6. The molecule has 3 aromatic rings. The molecule has 0 atom stereocenters. The first-order valence-electron chi connectivity index (χ1n) is 7.78. The zero-order valence-electron chi connectivity index (χ0n) is 12.9. The van der Waals surface area contributed by atoms with Crippen molar-refractivity contribution >= 4 is 22.5 Å². The van der Waals surface area contributed by atoms with E-state index in [1.165, 1.54) is 0 Å². The van der Waals surface area contributed by atoms with Crippen LogP contribution in [-0.4, -0.2) is 41.2 Å². The average molecular weight is 324 g/mol. The van der Waals surface area contributed by atoms with Gasteiger partial charge in [0, 0.05) is 30.1 Å². The molecule has 4 rings (SSSR count). The van der Waals surface area contributed by atoms with E-state index in [-0.39, 0.29) is 5.82 Å². The first-order chi connectivity index (χ1) is 11.7. The van der Waals surface area contributed by atoms with Crippen LogP contribution in [0.1, 0.15) is 0 Å². The summed E-state index contributed by atoms with van der Waals surface area (Å²) >= 11 is 0. The lowest BCUT2D eigenvalue weighted by Crippen LogP contribution is -2.36. The second-order valence-corrected chi connectivity index (χ2v) is 5.67. The summed E-state index contributed by atoms with van der Waals surface area (Å²) < 4.78 is 5.32. The highest BCUT2D eigenvalue weighted by Crippen LogP contribution is 2.32. The Morgan fingerprint density at radius 1 is 1.17 bits per heavy atom. The van der Waals surface area contributed by atoms with Crippen molar-refractivity contribution in [3.05, 3.63) is 52.6 Å². The molecule has 0 aliphatic carbocycles. The van der Waals surface area contributed by atoms with Gasteiger partial charge in [-0.3, -0.25) is 0 Å². The molecule has 1 saturated heterocycles. The number of nitro groups is 1. The van der Waals surface area contributed by atoms with Gasteiger partial charge in [0.05, 0.1) is 24.5 Å². The highest BCUT2D eigenvalue weighted by Gasteiger charge is 2.24. The topological polar surface area (TPSA) is 84.3 Å². The minimum Gasteiger partial charge on any atom is -0.378 e. The van der Waals surface area contributed by atoms with Crippen LogP contribution in [0.3, 0.4) is 0 Å². The Morgan fingerprint density at radius 3 is 2.71 bits per heavy atom. The fourth-order valence-electron chi connectivity index (χ4n) is 2.97. The largest absolute Gasteiger partial charge is 0.378 e. The van der Waals surface area contributed by atoms with Crippen LogP contribution in [0.25, 0.3) is 22.2 Å². The number of aromatic nitrogens is 2. The van der Waals surface area contributed by atoms with Gasteiger partial charge < -0.3 is 24.7 Å². The van der Waals surface area contributed by atoms with Crippen molar-refractivity contribution in [3.8, 4) is 11.3 Å². The number of rotatable bonds is 3. The Bertz CT molecular complexity index is 867. The van der Waals surface area contributed by atoms with E-state index < -0.39 is 4.92 Å². The summed E-state index contributed by atoms with van der Waals surface area (Å²) in [4.78, 5) is 20.6. The second-order valence-electron chi connectivity index (χ2n) is 5.67. The molecule has 1 aliphatic rings. The standard InChI is InChI=1S/C17H16N4O3/c22-21(23)17-13(15-11-12-3-1-2-4-14(12)18-15)5-6-16(19-17)20-7-9-24-10-8-20/h1-6,11,18H,7-10H2. The number of fused-ring (bicyclic) bond motifs is 1. The summed E-state index contributed by atoms with van der Waals surface area (Å²) in [7, 11) is 0. The normalized spacial score (nSPS) is 14.9. The Labute approximate surface area is 138 Å². The highest BCUT2D eigenvalue weighted by molar-refractivity contribution is 5.87. The quantitative estimate of drug-likeness (QED) is 0.591. The summed E-state index contributed by atoms with van der Waals surface area (Å²) in [5.74, 6) is 0.482. The van der Waals surface area contributed by atoms with E-state index in [0.29, 0.717) is 43.4 Å². The Balaban J connectivity index is 1.78. The zero-order valence-corrected chi connectivity index (χ0v) is 12.9. The molecule has 1 fully saturated rings. The SMILES string of the molecule is O=[N+]([O-])c1nc(N2CCOCC2)ccc1-c1cc2ccccc2[nH]1. The molecule has 0 amide bonds. The van der Waals surface area contributed by atoms with Gasteiger partial charge in [0.1, 0.15) is 0 Å². The predicted molar refractivity (Wildman–Crippen MR) is 91.2 cm³/mol. The summed E-state index contributed by atoms with van der Waals surface area (Å²) in [6, 6.07) is 13.3. The van der Waals surface area contributed by atoms with Crippen LogP contribution in [0, 0.1) is 10.1 Å². The van der Waals surface area contributed by atoms with Crippen LogP contribution >= 0.6 is 0 Å². The van der Waals surface area contributed by atoms with Crippen molar-refractivity contribution in [2.75, 3.05) is 31.2 Å². The van der Waals surface area contributed by atoms with E-state index in [2.05, 4.69) is 9.97 Å². The summed E-state index contributed by atoms with van der Waals surface area (Å²) in [5.41, 5.74) is 2.14. The maximum absolute atomic E-state index is 11.5. The molecule has 1 N–H and O–H groups in total. The number of para-hydroxylation sites is 1. The molecule has 0 spiro atoms. The molecule has 0 radical (unpaired) electrons. The number of H-pyrrole nitrogens is 1. The second kappa shape index (κ2) is 5.93. The fraction of sp³-hybridized carbons (Fsp3) is 0.235. The monoisotopic (exact) mass is 324 g/mol. The molecule has 1 aliphatic heterocycles. The third kappa shape index (κ3) is 2.59. The third-order valence-corrected chi connectivity index (χ3v) is 4.19. The molecule has 7 heteroatoms. The zero-order chi connectivity index (χ0) is 16.5. The molecular weight excluding hydrogens is 308 g/mol. The van der Waals surface area contributed by atoms with Gasteiger partial charge >= 0.3 is 5.82 Å². The minimum absolute atomic E-state index is 0.134. The lowest BCUT2D eigenvalue weighted by atomic mass is 10.1. The first kappa shape index (κ1) is 14.6. The third-order valence-electron chi connectivity index (χ3n) is 4.19. The van der Waals surface area contributed by atoms with Gasteiger partial charge in [0.15, 0.2) is 0 Å². The van der Waals surface area contributed by atoms with Gasteiger partial charge in [0.2, 0.25) is 5.82 Å². The van der Waals surface area contributed by atoms with E-state index in [4.69, 9.17) is 4.74 Å².